The highest BCUT2D eigenvalue weighted by Crippen LogP contribution is 2.10. The fraction of sp³-hybridized carbons (Fsp3) is 0.278. The molecule has 1 aromatic carbocycles. The van der Waals surface area contributed by atoms with Crippen LogP contribution >= 0.6 is 11.3 Å². The highest BCUT2D eigenvalue weighted by molar-refractivity contribution is 7.08. The van der Waals surface area contributed by atoms with Crippen LogP contribution in [-0.2, 0) is 4.79 Å². The lowest BCUT2D eigenvalue weighted by atomic mass is 10.2. The fourth-order valence-corrected chi connectivity index (χ4v) is 2.69. The highest BCUT2D eigenvalue weighted by Gasteiger charge is 2.08. The molecule has 0 saturated heterocycles. The van der Waals surface area contributed by atoms with Crippen LogP contribution in [0, 0.1) is 0 Å². The summed E-state index contributed by atoms with van der Waals surface area (Å²) in [5.74, 6) is -0.513. The van der Waals surface area contributed by atoms with Crippen LogP contribution in [0.4, 0.5) is 5.69 Å². The summed E-state index contributed by atoms with van der Waals surface area (Å²) in [5, 5.41) is 11.8. The van der Waals surface area contributed by atoms with Crippen LogP contribution < -0.4 is 16.0 Å². The molecule has 0 aliphatic rings. The Balaban J connectivity index is 1.74. The molecule has 2 aromatic rings. The van der Waals surface area contributed by atoms with Crippen LogP contribution in [0.2, 0.25) is 0 Å². The molecule has 2 rings (SSSR count). The van der Waals surface area contributed by atoms with Crippen LogP contribution in [-0.4, -0.2) is 30.8 Å². The maximum atomic E-state index is 11.9. The topological polar surface area (TPSA) is 87.3 Å². The molecule has 0 aliphatic heterocycles. The van der Waals surface area contributed by atoms with Crippen molar-refractivity contribution in [2.24, 2.45) is 0 Å². The van der Waals surface area contributed by atoms with Crippen molar-refractivity contribution in [3.8, 4) is 0 Å². The summed E-state index contributed by atoms with van der Waals surface area (Å²) >= 11 is 1.45. The van der Waals surface area contributed by atoms with Gasteiger partial charge < -0.3 is 16.0 Å². The molecule has 0 fully saturated rings. The van der Waals surface area contributed by atoms with Crippen molar-refractivity contribution in [1.29, 1.82) is 0 Å². The van der Waals surface area contributed by atoms with Crippen LogP contribution in [0.25, 0.3) is 0 Å². The lowest BCUT2D eigenvalue weighted by molar-refractivity contribution is -0.116. The average molecular weight is 359 g/mol. The summed E-state index contributed by atoms with van der Waals surface area (Å²) < 4.78 is 0. The van der Waals surface area contributed by atoms with Crippen LogP contribution in [0.3, 0.4) is 0 Å². The maximum absolute atomic E-state index is 11.9. The third-order valence-corrected chi connectivity index (χ3v) is 4.07. The first-order valence-electron chi connectivity index (χ1n) is 8.08. The summed E-state index contributed by atoms with van der Waals surface area (Å²) in [6, 6.07) is 8.43. The first kappa shape index (κ1) is 18.7. The first-order valence-corrected chi connectivity index (χ1v) is 9.03. The van der Waals surface area contributed by atoms with Crippen molar-refractivity contribution in [1.82, 2.24) is 10.6 Å². The average Bonchev–Trinajstić information content (AvgIpc) is 3.15. The predicted molar refractivity (Wildman–Crippen MR) is 99.0 cm³/mol. The van der Waals surface area contributed by atoms with Gasteiger partial charge >= 0.3 is 0 Å². The number of hydrogen-bond donors (Lipinski definition) is 3. The molecule has 7 heteroatoms. The largest absolute Gasteiger partial charge is 0.352 e. The predicted octanol–water partition coefficient (Wildman–Crippen LogP) is 2.65. The molecule has 0 unspecified atom stereocenters. The van der Waals surface area contributed by atoms with Crippen molar-refractivity contribution in [3.63, 3.8) is 0 Å². The van der Waals surface area contributed by atoms with E-state index in [9.17, 15) is 14.4 Å². The molecule has 6 nitrogen and oxygen atoms in total. The number of carbonyl (C=O) groups is 3. The molecule has 1 aromatic heterocycles. The van der Waals surface area contributed by atoms with E-state index in [4.69, 9.17) is 0 Å². The van der Waals surface area contributed by atoms with Crippen molar-refractivity contribution in [2.75, 3.05) is 18.4 Å². The van der Waals surface area contributed by atoms with Crippen molar-refractivity contribution >= 4 is 34.7 Å². The lowest BCUT2D eigenvalue weighted by Gasteiger charge is -2.08. The third-order valence-electron chi connectivity index (χ3n) is 3.39. The number of thiophene rings is 1. The zero-order chi connectivity index (χ0) is 18.1. The minimum Gasteiger partial charge on any atom is -0.352 e. The Morgan fingerprint density at radius 2 is 1.60 bits per heavy atom. The Bertz CT molecular complexity index is 712. The van der Waals surface area contributed by atoms with Gasteiger partial charge in [-0.05, 0) is 42.1 Å². The lowest BCUT2D eigenvalue weighted by Crippen LogP contribution is -2.27. The Labute approximate surface area is 150 Å². The third kappa shape index (κ3) is 6.04. The second-order valence-electron chi connectivity index (χ2n) is 5.40. The Morgan fingerprint density at radius 3 is 2.24 bits per heavy atom. The molecule has 0 aliphatic carbocycles. The fourth-order valence-electron chi connectivity index (χ4n) is 2.05. The number of nitrogens with one attached hydrogen (secondary N) is 3. The maximum Gasteiger partial charge on any atom is 0.252 e. The van der Waals surface area contributed by atoms with E-state index < -0.39 is 0 Å². The Hall–Kier alpha value is -2.67. The standard InChI is InChI=1S/C18H21N3O3S/c1-2-9-19-17(23)13-3-5-15(6-4-13)21-16(22)7-10-20-18(24)14-8-11-25-12-14/h3-6,8,11-12H,2,7,9-10H2,1H3,(H,19,23)(H,20,24)(H,21,22). The summed E-state index contributed by atoms with van der Waals surface area (Å²) in [5.41, 5.74) is 1.76. The van der Waals surface area contributed by atoms with Crippen molar-refractivity contribution in [2.45, 2.75) is 19.8 Å². The zero-order valence-corrected chi connectivity index (χ0v) is 14.8. The molecule has 0 atom stereocenters. The van der Waals surface area contributed by atoms with E-state index in [1.807, 2.05) is 12.3 Å². The molecule has 0 saturated carbocycles. The van der Waals surface area contributed by atoms with Gasteiger partial charge in [-0.1, -0.05) is 6.92 Å². The number of anilines is 1. The van der Waals surface area contributed by atoms with Gasteiger partial charge in [0.05, 0.1) is 0 Å². The van der Waals surface area contributed by atoms with Gasteiger partial charge in [-0.3, -0.25) is 14.4 Å². The van der Waals surface area contributed by atoms with E-state index in [1.165, 1.54) is 11.3 Å². The molecule has 132 valence electrons. The molecule has 0 radical (unpaired) electrons. The second kappa shape index (κ2) is 9.58. The quantitative estimate of drug-likeness (QED) is 0.677. The number of carbonyl (C=O) groups excluding carboxylic acids is 3. The van der Waals surface area contributed by atoms with Gasteiger partial charge in [0, 0.05) is 41.7 Å². The van der Waals surface area contributed by atoms with Gasteiger partial charge in [-0.25, -0.2) is 0 Å². The summed E-state index contributed by atoms with van der Waals surface area (Å²) in [4.78, 5) is 35.5. The summed E-state index contributed by atoms with van der Waals surface area (Å²) in [7, 11) is 0. The van der Waals surface area contributed by atoms with E-state index in [0.29, 0.717) is 23.4 Å². The molecule has 0 bridgehead atoms. The summed E-state index contributed by atoms with van der Waals surface area (Å²) in [6.45, 7) is 2.88. The Kier molecular flexibility index (Phi) is 7.16. The van der Waals surface area contributed by atoms with E-state index in [1.54, 1.807) is 35.7 Å². The normalized spacial score (nSPS) is 10.1. The van der Waals surface area contributed by atoms with E-state index in [2.05, 4.69) is 16.0 Å². The van der Waals surface area contributed by atoms with Gasteiger partial charge in [0.25, 0.3) is 11.8 Å². The van der Waals surface area contributed by atoms with Gasteiger partial charge in [0.15, 0.2) is 0 Å². The van der Waals surface area contributed by atoms with Crippen molar-refractivity contribution in [3.05, 3.63) is 52.2 Å². The highest BCUT2D eigenvalue weighted by atomic mass is 32.1. The minimum atomic E-state index is -0.200. The van der Waals surface area contributed by atoms with Gasteiger partial charge in [0.2, 0.25) is 5.91 Å². The first-order chi connectivity index (χ1) is 12.1. The molecule has 25 heavy (non-hydrogen) atoms. The number of hydrogen-bond acceptors (Lipinski definition) is 4. The Morgan fingerprint density at radius 1 is 0.920 bits per heavy atom. The smallest absolute Gasteiger partial charge is 0.252 e. The molecular formula is C18H21N3O3S. The molecule has 0 spiro atoms. The van der Waals surface area contributed by atoms with Crippen molar-refractivity contribution < 1.29 is 14.4 Å². The minimum absolute atomic E-state index is 0.129. The van der Waals surface area contributed by atoms with Gasteiger partial charge in [-0.15, -0.1) is 0 Å². The molecule has 3 N–H and O–H groups in total. The molecule has 3 amide bonds. The number of rotatable bonds is 8. The van der Waals surface area contributed by atoms with Crippen LogP contribution in [0.5, 0.6) is 0 Å². The SMILES string of the molecule is CCCNC(=O)c1ccc(NC(=O)CCNC(=O)c2ccsc2)cc1. The van der Waals surface area contributed by atoms with E-state index in [-0.39, 0.29) is 30.7 Å². The number of amides is 3. The van der Waals surface area contributed by atoms with Gasteiger partial charge in [0.1, 0.15) is 0 Å². The van der Waals surface area contributed by atoms with Crippen LogP contribution in [0.15, 0.2) is 41.1 Å². The monoisotopic (exact) mass is 359 g/mol. The van der Waals surface area contributed by atoms with Gasteiger partial charge in [-0.2, -0.15) is 11.3 Å². The van der Waals surface area contributed by atoms with Crippen LogP contribution in [0.1, 0.15) is 40.5 Å². The number of benzene rings is 1. The zero-order valence-electron chi connectivity index (χ0n) is 14.0. The molecular weight excluding hydrogens is 338 g/mol. The van der Waals surface area contributed by atoms with E-state index >= 15 is 0 Å². The molecule has 1 heterocycles. The second-order valence-corrected chi connectivity index (χ2v) is 6.18. The summed E-state index contributed by atoms with van der Waals surface area (Å²) in [6.07, 6.45) is 1.05. The van der Waals surface area contributed by atoms with E-state index in [0.717, 1.165) is 6.42 Å².